The van der Waals surface area contributed by atoms with Crippen LogP contribution in [0, 0.1) is 5.92 Å². The van der Waals surface area contributed by atoms with Crippen molar-refractivity contribution in [1.29, 1.82) is 0 Å². The molecule has 2 heterocycles. The number of hydrogen-bond acceptors (Lipinski definition) is 2. The Bertz CT molecular complexity index is 254. The van der Waals surface area contributed by atoms with Crippen molar-refractivity contribution in [3.05, 3.63) is 29.0 Å². The smallest absolute Gasteiger partial charge is 0.0589 e. The van der Waals surface area contributed by atoms with Crippen molar-refractivity contribution in [2.75, 3.05) is 13.1 Å². The van der Waals surface area contributed by atoms with Crippen molar-refractivity contribution < 1.29 is 0 Å². The lowest BCUT2D eigenvalue weighted by Crippen LogP contribution is -2.43. The third kappa shape index (κ3) is 1.76. The predicted molar refractivity (Wildman–Crippen MR) is 49.3 cm³/mol. The summed E-state index contributed by atoms with van der Waals surface area (Å²) in [5.74, 6) is 0.777. The minimum absolute atomic E-state index is 0.713. The van der Waals surface area contributed by atoms with Crippen LogP contribution in [0.2, 0.25) is 5.02 Å². The molecule has 0 unspecified atom stereocenters. The normalized spacial score (nSPS) is 17.4. The second kappa shape index (κ2) is 3.42. The van der Waals surface area contributed by atoms with E-state index in [-0.39, 0.29) is 0 Å². The summed E-state index contributed by atoms with van der Waals surface area (Å²) in [5.41, 5.74) is 1.14. The Morgan fingerprint density at radius 1 is 1.50 bits per heavy atom. The maximum Gasteiger partial charge on any atom is 0.0589 e. The number of halogens is 1. The largest absolute Gasteiger partial charge is 0.316 e. The fourth-order valence-electron chi connectivity index (χ4n) is 1.32. The van der Waals surface area contributed by atoms with Crippen molar-refractivity contribution in [2.24, 2.45) is 5.92 Å². The Labute approximate surface area is 77.0 Å². The molecule has 2 rings (SSSR count). The van der Waals surface area contributed by atoms with Gasteiger partial charge in [-0.3, -0.25) is 4.98 Å². The third-order valence-electron chi connectivity index (χ3n) is 2.15. The van der Waals surface area contributed by atoms with Crippen LogP contribution in [0.3, 0.4) is 0 Å². The van der Waals surface area contributed by atoms with Crippen LogP contribution in [0.25, 0.3) is 0 Å². The molecule has 1 aromatic heterocycles. The van der Waals surface area contributed by atoms with E-state index in [9.17, 15) is 0 Å². The number of nitrogens with one attached hydrogen (secondary N) is 1. The molecule has 3 heteroatoms. The topological polar surface area (TPSA) is 24.9 Å². The van der Waals surface area contributed by atoms with E-state index in [2.05, 4.69) is 10.3 Å². The molecule has 0 amide bonds. The van der Waals surface area contributed by atoms with Gasteiger partial charge in [-0.25, -0.2) is 0 Å². The summed E-state index contributed by atoms with van der Waals surface area (Å²) < 4.78 is 0. The first-order chi connectivity index (χ1) is 5.84. The van der Waals surface area contributed by atoms with Crippen molar-refractivity contribution in [2.45, 2.75) is 6.42 Å². The van der Waals surface area contributed by atoms with E-state index < -0.39 is 0 Å². The summed E-state index contributed by atoms with van der Waals surface area (Å²) >= 11 is 5.72. The van der Waals surface area contributed by atoms with Crippen LogP contribution in [0.5, 0.6) is 0 Å². The van der Waals surface area contributed by atoms with Gasteiger partial charge in [0.15, 0.2) is 0 Å². The lowest BCUT2D eigenvalue weighted by molar-refractivity contribution is 0.344. The SMILES string of the molecule is Clc1ccc(CC2CNC2)nc1. The van der Waals surface area contributed by atoms with E-state index in [0.717, 1.165) is 31.1 Å². The number of hydrogen-bond donors (Lipinski definition) is 1. The minimum Gasteiger partial charge on any atom is -0.316 e. The fourth-order valence-corrected chi connectivity index (χ4v) is 1.43. The first-order valence-corrected chi connectivity index (χ1v) is 4.53. The summed E-state index contributed by atoms with van der Waals surface area (Å²) in [6.07, 6.45) is 2.78. The van der Waals surface area contributed by atoms with Crippen LogP contribution in [0.4, 0.5) is 0 Å². The lowest BCUT2D eigenvalue weighted by Gasteiger charge is -2.26. The highest BCUT2D eigenvalue weighted by Crippen LogP contribution is 2.12. The van der Waals surface area contributed by atoms with Gasteiger partial charge < -0.3 is 5.32 Å². The minimum atomic E-state index is 0.713. The average Bonchev–Trinajstić information content (AvgIpc) is 2.00. The zero-order chi connectivity index (χ0) is 8.39. The summed E-state index contributed by atoms with van der Waals surface area (Å²) in [5, 5.41) is 3.95. The lowest BCUT2D eigenvalue weighted by atomic mass is 9.97. The standard InChI is InChI=1S/C9H11ClN2/c10-8-1-2-9(12-6-8)3-7-4-11-5-7/h1-2,6-7,11H,3-5H2. The third-order valence-corrected chi connectivity index (χ3v) is 2.38. The Hall–Kier alpha value is -0.600. The van der Waals surface area contributed by atoms with E-state index in [1.54, 1.807) is 6.20 Å². The van der Waals surface area contributed by atoms with E-state index in [1.807, 2.05) is 12.1 Å². The molecule has 1 N–H and O–H groups in total. The Morgan fingerprint density at radius 2 is 2.33 bits per heavy atom. The number of pyridine rings is 1. The van der Waals surface area contributed by atoms with Gasteiger partial charge in [-0.2, -0.15) is 0 Å². The van der Waals surface area contributed by atoms with Crippen LogP contribution in [-0.4, -0.2) is 18.1 Å². The molecule has 0 aromatic carbocycles. The van der Waals surface area contributed by atoms with Gasteiger partial charge in [0.1, 0.15) is 0 Å². The molecule has 12 heavy (non-hydrogen) atoms. The zero-order valence-corrected chi connectivity index (χ0v) is 7.51. The van der Waals surface area contributed by atoms with Crippen molar-refractivity contribution in [3.8, 4) is 0 Å². The second-order valence-electron chi connectivity index (χ2n) is 3.20. The maximum atomic E-state index is 5.72. The Morgan fingerprint density at radius 3 is 2.83 bits per heavy atom. The molecular formula is C9H11ClN2. The average molecular weight is 183 g/mol. The van der Waals surface area contributed by atoms with Gasteiger partial charge >= 0.3 is 0 Å². The van der Waals surface area contributed by atoms with Crippen molar-refractivity contribution in [3.63, 3.8) is 0 Å². The summed E-state index contributed by atoms with van der Waals surface area (Å²) in [6, 6.07) is 3.90. The van der Waals surface area contributed by atoms with E-state index >= 15 is 0 Å². The van der Waals surface area contributed by atoms with Crippen LogP contribution < -0.4 is 5.32 Å². The molecule has 0 radical (unpaired) electrons. The van der Waals surface area contributed by atoms with Gasteiger partial charge in [0.25, 0.3) is 0 Å². The molecule has 0 saturated carbocycles. The molecule has 0 atom stereocenters. The Balaban J connectivity index is 1.98. The van der Waals surface area contributed by atoms with Gasteiger partial charge in [-0.1, -0.05) is 11.6 Å². The van der Waals surface area contributed by atoms with Gasteiger partial charge in [-0.05, 0) is 37.6 Å². The van der Waals surface area contributed by atoms with Gasteiger partial charge in [0, 0.05) is 11.9 Å². The summed E-state index contributed by atoms with van der Waals surface area (Å²) in [7, 11) is 0. The van der Waals surface area contributed by atoms with Gasteiger partial charge in [-0.15, -0.1) is 0 Å². The molecule has 64 valence electrons. The molecule has 0 bridgehead atoms. The number of rotatable bonds is 2. The Kier molecular flexibility index (Phi) is 2.28. The van der Waals surface area contributed by atoms with Gasteiger partial charge in [0.05, 0.1) is 5.02 Å². The van der Waals surface area contributed by atoms with Crippen LogP contribution >= 0.6 is 11.6 Å². The molecule has 1 aliphatic rings. The molecule has 1 aliphatic heterocycles. The zero-order valence-electron chi connectivity index (χ0n) is 6.76. The molecule has 1 aromatic rings. The summed E-state index contributed by atoms with van der Waals surface area (Å²) in [4.78, 5) is 4.24. The summed E-state index contributed by atoms with van der Waals surface area (Å²) in [6.45, 7) is 2.26. The first-order valence-electron chi connectivity index (χ1n) is 4.16. The molecule has 2 nitrogen and oxygen atoms in total. The van der Waals surface area contributed by atoms with E-state index in [0.29, 0.717) is 5.02 Å². The highest BCUT2D eigenvalue weighted by atomic mass is 35.5. The highest BCUT2D eigenvalue weighted by molar-refractivity contribution is 6.30. The monoisotopic (exact) mass is 182 g/mol. The first kappa shape index (κ1) is 8.02. The van der Waals surface area contributed by atoms with Gasteiger partial charge in [0.2, 0.25) is 0 Å². The van der Waals surface area contributed by atoms with Crippen LogP contribution in [0.1, 0.15) is 5.69 Å². The maximum absolute atomic E-state index is 5.72. The van der Waals surface area contributed by atoms with Crippen LogP contribution in [-0.2, 0) is 6.42 Å². The van der Waals surface area contributed by atoms with E-state index in [1.165, 1.54) is 0 Å². The second-order valence-corrected chi connectivity index (χ2v) is 3.63. The number of nitrogens with zero attached hydrogens (tertiary/aromatic N) is 1. The van der Waals surface area contributed by atoms with Crippen molar-refractivity contribution >= 4 is 11.6 Å². The van der Waals surface area contributed by atoms with Crippen molar-refractivity contribution in [1.82, 2.24) is 10.3 Å². The molecule has 1 saturated heterocycles. The molecule has 0 spiro atoms. The fraction of sp³-hybridized carbons (Fsp3) is 0.444. The van der Waals surface area contributed by atoms with Crippen LogP contribution in [0.15, 0.2) is 18.3 Å². The predicted octanol–water partition coefficient (Wildman–Crippen LogP) is 1.50. The molecular weight excluding hydrogens is 172 g/mol. The highest BCUT2D eigenvalue weighted by Gasteiger charge is 2.17. The quantitative estimate of drug-likeness (QED) is 0.750. The molecule has 1 fully saturated rings. The number of aromatic nitrogens is 1. The van der Waals surface area contributed by atoms with E-state index in [4.69, 9.17) is 11.6 Å². The molecule has 0 aliphatic carbocycles.